The van der Waals surface area contributed by atoms with E-state index in [0.29, 0.717) is 18.0 Å². The molecule has 0 aromatic heterocycles. The number of benzene rings is 2. The Morgan fingerprint density at radius 2 is 1.93 bits per heavy atom. The molecular weight excluding hydrogens is 340 g/mol. The first-order chi connectivity index (χ1) is 13.1. The highest BCUT2D eigenvalue weighted by Crippen LogP contribution is 2.30. The molecule has 0 radical (unpaired) electrons. The normalized spacial score (nSPS) is 13.1. The van der Waals surface area contributed by atoms with E-state index < -0.39 is 6.09 Å². The molecule has 142 valence electrons. The van der Waals surface area contributed by atoms with Crippen LogP contribution < -0.4 is 15.0 Å². The summed E-state index contributed by atoms with van der Waals surface area (Å²) in [6.45, 7) is 4.68. The van der Waals surface area contributed by atoms with Gasteiger partial charge in [0.2, 0.25) is 5.91 Å². The van der Waals surface area contributed by atoms with Gasteiger partial charge in [0, 0.05) is 29.9 Å². The predicted octanol–water partition coefficient (Wildman–Crippen LogP) is 5.15. The van der Waals surface area contributed by atoms with Gasteiger partial charge in [-0.1, -0.05) is 31.5 Å². The molecule has 0 saturated heterocycles. The minimum absolute atomic E-state index is 0.0304. The number of nitrogens with zero attached hydrogens (tertiary/aromatic N) is 1. The van der Waals surface area contributed by atoms with E-state index in [1.807, 2.05) is 31.2 Å². The highest BCUT2D eigenvalue weighted by atomic mass is 16.6. The molecular formula is C22H26N2O3. The van der Waals surface area contributed by atoms with Crippen molar-refractivity contribution in [3.05, 3.63) is 54.1 Å². The lowest BCUT2D eigenvalue weighted by Crippen LogP contribution is -2.34. The predicted molar refractivity (Wildman–Crippen MR) is 107 cm³/mol. The van der Waals surface area contributed by atoms with Gasteiger partial charge in [-0.05, 0) is 56.0 Å². The van der Waals surface area contributed by atoms with Gasteiger partial charge in [0.1, 0.15) is 5.75 Å². The first-order valence-corrected chi connectivity index (χ1v) is 9.53. The summed E-state index contributed by atoms with van der Waals surface area (Å²) in [5.41, 5.74) is 2.56. The summed E-state index contributed by atoms with van der Waals surface area (Å²) in [4.78, 5) is 26.4. The molecule has 0 bridgehead atoms. The van der Waals surface area contributed by atoms with Crippen LogP contribution in [0.5, 0.6) is 5.75 Å². The minimum atomic E-state index is -0.417. The second kappa shape index (κ2) is 8.71. The number of hydrogen-bond acceptors (Lipinski definition) is 3. The number of ether oxygens (including phenoxy) is 1. The van der Waals surface area contributed by atoms with Crippen LogP contribution in [0.4, 0.5) is 16.2 Å². The van der Waals surface area contributed by atoms with E-state index in [0.717, 1.165) is 36.9 Å². The zero-order valence-electron chi connectivity index (χ0n) is 15.9. The fourth-order valence-corrected chi connectivity index (χ4v) is 2.82. The van der Waals surface area contributed by atoms with Crippen LogP contribution in [0.25, 0.3) is 0 Å². The van der Waals surface area contributed by atoms with Gasteiger partial charge >= 0.3 is 6.09 Å². The van der Waals surface area contributed by atoms with Crippen molar-refractivity contribution >= 4 is 23.4 Å². The van der Waals surface area contributed by atoms with Crippen molar-refractivity contribution in [3.63, 3.8) is 0 Å². The maximum atomic E-state index is 12.8. The quantitative estimate of drug-likeness (QED) is 0.737. The number of carbonyl (C=O) groups excluding carboxylic acids is 2. The van der Waals surface area contributed by atoms with Crippen molar-refractivity contribution in [1.29, 1.82) is 0 Å². The van der Waals surface area contributed by atoms with Crippen molar-refractivity contribution in [1.82, 2.24) is 0 Å². The molecule has 1 fully saturated rings. The summed E-state index contributed by atoms with van der Waals surface area (Å²) in [6.07, 6.45) is 3.35. The molecule has 1 aliphatic rings. The van der Waals surface area contributed by atoms with Crippen LogP contribution in [0.3, 0.4) is 0 Å². The molecule has 2 aromatic rings. The number of hydrogen-bond donors (Lipinski definition) is 1. The zero-order chi connectivity index (χ0) is 19.2. The Bertz CT molecular complexity index is 815. The van der Waals surface area contributed by atoms with Crippen LogP contribution >= 0.6 is 0 Å². The highest BCUT2D eigenvalue weighted by Gasteiger charge is 2.29. The molecule has 1 saturated carbocycles. The van der Waals surface area contributed by atoms with Gasteiger partial charge in [-0.25, -0.2) is 4.79 Å². The Hall–Kier alpha value is -2.82. The van der Waals surface area contributed by atoms with E-state index >= 15 is 0 Å². The molecule has 2 aromatic carbocycles. The lowest BCUT2D eigenvalue weighted by molar-refractivity contribution is -0.117. The van der Waals surface area contributed by atoms with E-state index in [1.54, 1.807) is 29.2 Å². The van der Waals surface area contributed by atoms with E-state index in [4.69, 9.17) is 4.74 Å². The van der Waals surface area contributed by atoms with Gasteiger partial charge in [-0.15, -0.1) is 0 Å². The van der Waals surface area contributed by atoms with Crippen molar-refractivity contribution in [2.75, 3.05) is 16.8 Å². The van der Waals surface area contributed by atoms with Crippen molar-refractivity contribution < 1.29 is 14.3 Å². The smallest absolute Gasteiger partial charge is 0.410 e. The van der Waals surface area contributed by atoms with Gasteiger partial charge in [0.05, 0.1) is 0 Å². The van der Waals surface area contributed by atoms with Crippen LogP contribution in [-0.4, -0.2) is 18.5 Å². The van der Waals surface area contributed by atoms with Crippen molar-refractivity contribution in [3.8, 4) is 5.75 Å². The maximum Gasteiger partial charge on any atom is 0.419 e. The van der Waals surface area contributed by atoms with E-state index in [-0.39, 0.29) is 11.8 Å². The third-order valence-corrected chi connectivity index (χ3v) is 4.52. The van der Waals surface area contributed by atoms with E-state index in [9.17, 15) is 9.59 Å². The SMILES string of the molecule is CCCCN(C(=O)Oc1cccc(NC(=O)C2CC2)c1)c1cccc(C)c1. The van der Waals surface area contributed by atoms with Gasteiger partial charge in [-0.3, -0.25) is 9.69 Å². The summed E-state index contributed by atoms with van der Waals surface area (Å²) in [6, 6.07) is 14.8. The van der Waals surface area contributed by atoms with Crippen LogP contribution in [0, 0.1) is 12.8 Å². The minimum Gasteiger partial charge on any atom is -0.410 e. The van der Waals surface area contributed by atoms with Crippen molar-refractivity contribution in [2.45, 2.75) is 39.5 Å². The summed E-state index contributed by atoms with van der Waals surface area (Å²) < 4.78 is 5.60. The molecule has 1 N–H and O–H groups in total. The number of aryl methyl sites for hydroxylation is 1. The first-order valence-electron chi connectivity index (χ1n) is 9.53. The molecule has 3 rings (SSSR count). The summed E-state index contributed by atoms with van der Waals surface area (Å²) in [7, 11) is 0. The molecule has 5 nitrogen and oxygen atoms in total. The maximum absolute atomic E-state index is 12.8. The summed E-state index contributed by atoms with van der Waals surface area (Å²) >= 11 is 0. The van der Waals surface area contributed by atoms with Crippen LogP contribution in [-0.2, 0) is 4.79 Å². The average molecular weight is 366 g/mol. The van der Waals surface area contributed by atoms with Gasteiger partial charge in [-0.2, -0.15) is 0 Å². The average Bonchev–Trinajstić information content (AvgIpc) is 3.48. The number of anilines is 2. The van der Waals surface area contributed by atoms with Crippen LogP contribution in [0.1, 0.15) is 38.2 Å². The fourth-order valence-electron chi connectivity index (χ4n) is 2.82. The van der Waals surface area contributed by atoms with Crippen molar-refractivity contribution in [2.24, 2.45) is 5.92 Å². The molecule has 0 unspecified atom stereocenters. The number of amides is 2. The Kier molecular flexibility index (Phi) is 6.12. The van der Waals surface area contributed by atoms with Gasteiger partial charge < -0.3 is 10.1 Å². The summed E-state index contributed by atoms with van der Waals surface area (Å²) in [5, 5.41) is 2.88. The van der Waals surface area contributed by atoms with Gasteiger partial charge in [0.15, 0.2) is 0 Å². The van der Waals surface area contributed by atoms with E-state index in [2.05, 4.69) is 12.2 Å². The molecule has 0 spiro atoms. The molecule has 5 heteroatoms. The Balaban J connectivity index is 1.71. The lowest BCUT2D eigenvalue weighted by atomic mass is 10.2. The molecule has 1 aliphatic carbocycles. The third-order valence-electron chi connectivity index (χ3n) is 4.52. The summed E-state index contributed by atoms with van der Waals surface area (Å²) in [5.74, 6) is 0.577. The van der Waals surface area contributed by atoms with Gasteiger partial charge in [0.25, 0.3) is 0 Å². The molecule has 0 heterocycles. The second-order valence-electron chi connectivity index (χ2n) is 7.00. The highest BCUT2D eigenvalue weighted by molar-refractivity contribution is 5.94. The standard InChI is InChI=1S/C22H26N2O3/c1-3-4-13-24(19-9-5-7-16(2)14-19)22(26)27-20-10-6-8-18(15-20)23-21(25)17-11-12-17/h5-10,14-15,17H,3-4,11-13H2,1-2H3,(H,23,25). The second-order valence-corrected chi connectivity index (χ2v) is 7.00. The monoisotopic (exact) mass is 366 g/mol. The molecule has 0 atom stereocenters. The molecule has 2 amide bonds. The third kappa shape index (κ3) is 5.33. The van der Waals surface area contributed by atoms with Crippen LogP contribution in [0.2, 0.25) is 0 Å². The Morgan fingerprint density at radius 3 is 2.63 bits per heavy atom. The topological polar surface area (TPSA) is 58.6 Å². The first kappa shape index (κ1) is 19.0. The number of nitrogens with one attached hydrogen (secondary N) is 1. The number of unbranched alkanes of at least 4 members (excludes halogenated alkanes) is 1. The largest absolute Gasteiger partial charge is 0.419 e. The lowest BCUT2D eigenvalue weighted by Gasteiger charge is -2.22. The Morgan fingerprint density at radius 1 is 1.15 bits per heavy atom. The van der Waals surface area contributed by atoms with Crippen LogP contribution in [0.15, 0.2) is 48.5 Å². The number of carbonyl (C=O) groups is 2. The molecule has 0 aliphatic heterocycles. The number of rotatable bonds is 7. The molecule has 27 heavy (non-hydrogen) atoms. The zero-order valence-corrected chi connectivity index (χ0v) is 15.9. The fraction of sp³-hybridized carbons (Fsp3) is 0.364. The Labute approximate surface area is 160 Å². The van der Waals surface area contributed by atoms with E-state index in [1.165, 1.54) is 0 Å².